The Morgan fingerprint density at radius 2 is 2.05 bits per heavy atom. The highest BCUT2D eigenvalue weighted by Crippen LogP contribution is 2.25. The number of rotatable bonds is 5. The Bertz CT molecular complexity index is 564. The van der Waals surface area contributed by atoms with Gasteiger partial charge in [-0.05, 0) is 25.1 Å². The zero-order valence-corrected chi connectivity index (χ0v) is 11.7. The summed E-state index contributed by atoms with van der Waals surface area (Å²) in [6.07, 6.45) is 1.96. The number of hydrogen-bond donors (Lipinski definition) is 1. The maximum atomic E-state index is 5.35. The fraction of sp³-hybridized carbons (Fsp3) is 0.357. The van der Waals surface area contributed by atoms with Crippen LogP contribution in [0.4, 0.5) is 5.69 Å². The number of aromatic nitrogens is 2. The molecule has 1 aromatic carbocycles. The van der Waals surface area contributed by atoms with Crippen LogP contribution in [0.15, 0.2) is 24.4 Å². The van der Waals surface area contributed by atoms with Crippen LogP contribution in [0.1, 0.15) is 11.3 Å². The molecule has 0 bridgehead atoms. The van der Waals surface area contributed by atoms with Crippen LogP contribution in [0, 0.1) is 6.92 Å². The van der Waals surface area contributed by atoms with E-state index in [1.807, 2.05) is 38.4 Å². The number of benzene rings is 1. The highest BCUT2D eigenvalue weighted by Gasteiger charge is 2.07. The van der Waals surface area contributed by atoms with E-state index in [0.29, 0.717) is 6.54 Å². The van der Waals surface area contributed by atoms with Gasteiger partial charge in [0.2, 0.25) is 0 Å². The maximum absolute atomic E-state index is 5.35. The molecule has 0 atom stereocenters. The van der Waals surface area contributed by atoms with Crippen LogP contribution >= 0.6 is 0 Å². The van der Waals surface area contributed by atoms with Gasteiger partial charge in [0, 0.05) is 25.4 Å². The Morgan fingerprint density at radius 1 is 1.26 bits per heavy atom. The maximum Gasteiger partial charge on any atom is 0.124 e. The number of methoxy groups -OCH3 is 2. The minimum absolute atomic E-state index is 0.660. The van der Waals surface area contributed by atoms with Gasteiger partial charge in [-0.2, -0.15) is 5.10 Å². The van der Waals surface area contributed by atoms with E-state index in [9.17, 15) is 0 Å². The summed E-state index contributed by atoms with van der Waals surface area (Å²) in [4.78, 5) is 0. The molecule has 0 saturated heterocycles. The summed E-state index contributed by atoms with van der Waals surface area (Å²) >= 11 is 0. The van der Waals surface area contributed by atoms with Crippen molar-refractivity contribution in [3.63, 3.8) is 0 Å². The number of nitrogens with one attached hydrogen (secondary N) is 1. The average Bonchev–Trinajstić information content (AvgIpc) is 2.74. The van der Waals surface area contributed by atoms with Crippen molar-refractivity contribution < 1.29 is 9.47 Å². The van der Waals surface area contributed by atoms with E-state index in [1.54, 1.807) is 18.9 Å². The van der Waals surface area contributed by atoms with E-state index in [0.717, 1.165) is 28.4 Å². The number of anilines is 1. The lowest BCUT2D eigenvalue weighted by Crippen LogP contribution is -2.02. The minimum Gasteiger partial charge on any atom is -0.497 e. The molecule has 0 amide bonds. The van der Waals surface area contributed by atoms with Crippen molar-refractivity contribution in [1.29, 1.82) is 0 Å². The summed E-state index contributed by atoms with van der Waals surface area (Å²) in [5.74, 6) is 1.66. The Morgan fingerprint density at radius 3 is 2.63 bits per heavy atom. The van der Waals surface area contributed by atoms with Crippen LogP contribution in [0.25, 0.3) is 0 Å². The smallest absolute Gasteiger partial charge is 0.124 e. The van der Waals surface area contributed by atoms with Gasteiger partial charge in [0.05, 0.1) is 25.6 Å². The topological polar surface area (TPSA) is 48.3 Å². The zero-order chi connectivity index (χ0) is 13.8. The van der Waals surface area contributed by atoms with E-state index < -0.39 is 0 Å². The molecular weight excluding hydrogens is 242 g/mol. The fourth-order valence-electron chi connectivity index (χ4n) is 1.98. The summed E-state index contributed by atoms with van der Waals surface area (Å²) in [7, 11) is 5.23. The van der Waals surface area contributed by atoms with Gasteiger partial charge in [0.1, 0.15) is 11.5 Å². The van der Waals surface area contributed by atoms with Crippen molar-refractivity contribution in [3.05, 3.63) is 35.7 Å². The number of ether oxygens (including phenoxy) is 2. The second kappa shape index (κ2) is 5.65. The highest BCUT2D eigenvalue weighted by atomic mass is 16.5. The van der Waals surface area contributed by atoms with Crippen molar-refractivity contribution in [2.45, 2.75) is 13.5 Å². The molecule has 0 aliphatic heterocycles. The lowest BCUT2D eigenvalue weighted by atomic mass is 10.2. The van der Waals surface area contributed by atoms with Gasteiger partial charge in [-0.15, -0.1) is 0 Å². The standard InChI is InChI=1S/C14H19N3O2/c1-10-13(9-17(2)16-10)15-8-11-7-12(18-3)5-6-14(11)19-4/h5-7,9,15H,8H2,1-4H3. The third-order valence-corrected chi connectivity index (χ3v) is 2.97. The Labute approximate surface area is 113 Å². The first-order valence-corrected chi connectivity index (χ1v) is 6.09. The van der Waals surface area contributed by atoms with Crippen molar-refractivity contribution in [2.24, 2.45) is 7.05 Å². The number of aryl methyl sites for hydroxylation is 2. The number of nitrogens with zero attached hydrogens (tertiary/aromatic N) is 2. The molecule has 0 aliphatic rings. The van der Waals surface area contributed by atoms with Crippen molar-refractivity contribution in [1.82, 2.24) is 9.78 Å². The summed E-state index contributed by atoms with van der Waals surface area (Å²) < 4.78 is 12.4. The van der Waals surface area contributed by atoms with E-state index >= 15 is 0 Å². The highest BCUT2D eigenvalue weighted by molar-refractivity contribution is 5.48. The fourth-order valence-corrected chi connectivity index (χ4v) is 1.98. The van der Waals surface area contributed by atoms with Gasteiger partial charge in [0.15, 0.2) is 0 Å². The molecule has 1 aromatic heterocycles. The Balaban J connectivity index is 2.16. The molecule has 0 radical (unpaired) electrons. The molecule has 0 unspecified atom stereocenters. The molecule has 2 rings (SSSR count). The normalized spacial score (nSPS) is 10.3. The van der Waals surface area contributed by atoms with Crippen LogP contribution in [-0.2, 0) is 13.6 Å². The predicted molar refractivity (Wildman–Crippen MR) is 74.8 cm³/mol. The Hall–Kier alpha value is -2.17. The molecule has 102 valence electrons. The van der Waals surface area contributed by atoms with Crippen LogP contribution in [-0.4, -0.2) is 24.0 Å². The predicted octanol–water partition coefficient (Wildman–Crippen LogP) is 2.36. The molecule has 1 N–H and O–H groups in total. The van der Waals surface area contributed by atoms with E-state index in [4.69, 9.17) is 9.47 Å². The van der Waals surface area contributed by atoms with E-state index in [2.05, 4.69) is 10.4 Å². The van der Waals surface area contributed by atoms with Crippen LogP contribution in [0.5, 0.6) is 11.5 Å². The van der Waals surface area contributed by atoms with Gasteiger partial charge in [-0.3, -0.25) is 4.68 Å². The summed E-state index contributed by atoms with van der Waals surface area (Å²) in [6.45, 7) is 2.64. The summed E-state index contributed by atoms with van der Waals surface area (Å²) in [5.41, 5.74) is 3.04. The lowest BCUT2D eigenvalue weighted by Gasteiger charge is -2.11. The monoisotopic (exact) mass is 261 g/mol. The van der Waals surface area contributed by atoms with Gasteiger partial charge >= 0.3 is 0 Å². The molecule has 19 heavy (non-hydrogen) atoms. The second-order valence-electron chi connectivity index (χ2n) is 4.33. The average molecular weight is 261 g/mol. The molecule has 5 nitrogen and oxygen atoms in total. The van der Waals surface area contributed by atoms with Gasteiger partial charge in [-0.1, -0.05) is 0 Å². The third-order valence-electron chi connectivity index (χ3n) is 2.97. The van der Waals surface area contributed by atoms with Crippen LogP contribution in [0.3, 0.4) is 0 Å². The van der Waals surface area contributed by atoms with Crippen molar-refractivity contribution >= 4 is 5.69 Å². The lowest BCUT2D eigenvalue weighted by molar-refractivity contribution is 0.399. The largest absolute Gasteiger partial charge is 0.497 e. The molecule has 0 spiro atoms. The molecule has 5 heteroatoms. The van der Waals surface area contributed by atoms with Crippen LogP contribution in [0.2, 0.25) is 0 Å². The zero-order valence-electron chi connectivity index (χ0n) is 11.7. The first-order valence-electron chi connectivity index (χ1n) is 6.09. The minimum atomic E-state index is 0.660. The summed E-state index contributed by atoms with van der Waals surface area (Å²) in [6, 6.07) is 5.77. The summed E-state index contributed by atoms with van der Waals surface area (Å²) in [5, 5.41) is 7.66. The molecule has 0 fully saturated rings. The quantitative estimate of drug-likeness (QED) is 0.897. The molecular formula is C14H19N3O2. The SMILES string of the molecule is COc1ccc(OC)c(CNc2cn(C)nc2C)c1. The van der Waals surface area contributed by atoms with Gasteiger partial charge in [-0.25, -0.2) is 0 Å². The molecule has 1 heterocycles. The Kier molecular flexibility index (Phi) is 3.94. The molecule has 0 aliphatic carbocycles. The van der Waals surface area contributed by atoms with Gasteiger partial charge in [0.25, 0.3) is 0 Å². The first-order chi connectivity index (χ1) is 9.13. The van der Waals surface area contributed by atoms with Gasteiger partial charge < -0.3 is 14.8 Å². The second-order valence-corrected chi connectivity index (χ2v) is 4.33. The van der Waals surface area contributed by atoms with Crippen molar-refractivity contribution in [2.75, 3.05) is 19.5 Å². The van der Waals surface area contributed by atoms with Crippen LogP contribution < -0.4 is 14.8 Å². The van der Waals surface area contributed by atoms with Crippen molar-refractivity contribution in [3.8, 4) is 11.5 Å². The van der Waals surface area contributed by atoms with E-state index in [1.165, 1.54) is 0 Å². The first kappa shape index (κ1) is 13.3. The third kappa shape index (κ3) is 2.99. The molecule has 0 saturated carbocycles. The molecule has 2 aromatic rings. The number of hydrogen-bond acceptors (Lipinski definition) is 4. The van der Waals surface area contributed by atoms with E-state index in [-0.39, 0.29) is 0 Å².